The van der Waals surface area contributed by atoms with Crippen molar-refractivity contribution in [1.82, 2.24) is 10.3 Å². The Bertz CT molecular complexity index is 634. The summed E-state index contributed by atoms with van der Waals surface area (Å²) in [6.07, 6.45) is 0.0788. The van der Waals surface area contributed by atoms with E-state index in [1.807, 2.05) is 0 Å². The number of hydrogen-bond acceptors (Lipinski definition) is 4. The number of amides is 1. The Morgan fingerprint density at radius 1 is 1.43 bits per heavy atom. The summed E-state index contributed by atoms with van der Waals surface area (Å²) in [6, 6.07) is 9.26. The molecule has 0 fully saturated rings. The lowest BCUT2D eigenvalue weighted by Gasteiger charge is -2.12. The van der Waals surface area contributed by atoms with E-state index in [-0.39, 0.29) is 12.2 Å². The van der Waals surface area contributed by atoms with Crippen LogP contribution in [0.1, 0.15) is 17.4 Å². The Kier molecular flexibility index (Phi) is 4.84. The molecule has 6 heteroatoms. The monoisotopic (exact) mass is 290 g/mol. The molecular weight excluding hydrogens is 275 g/mol. The van der Waals surface area contributed by atoms with Crippen molar-refractivity contribution < 1.29 is 19.0 Å². The highest BCUT2D eigenvalue weighted by molar-refractivity contribution is 5.81. The van der Waals surface area contributed by atoms with E-state index in [0.717, 1.165) is 0 Å². The van der Waals surface area contributed by atoms with E-state index >= 15 is 0 Å². The molecule has 1 aromatic heterocycles. The van der Waals surface area contributed by atoms with Gasteiger partial charge in [0.15, 0.2) is 6.10 Å². The summed E-state index contributed by atoms with van der Waals surface area (Å²) < 4.78 is 18.4. The van der Waals surface area contributed by atoms with E-state index in [2.05, 4.69) is 10.3 Å². The number of benzene rings is 1. The third kappa shape index (κ3) is 3.76. The van der Waals surface area contributed by atoms with Gasteiger partial charge in [-0.3, -0.25) is 9.78 Å². The number of methoxy groups -OCH3 is 1. The third-order valence-corrected chi connectivity index (χ3v) is 2.92. The molecule has 21 heavy (non-hydrogen) atoms. The first-order chi connectivity index (χ1) is 10.1. The summed E-state index contributed by atoms with van der Waals surface area (Å²) in [7, 11) is 1.50. The number of pyridine rings is 1. The first-order valence-corrected chi connectivity index (χ1v) is 6.31. The van der Waals surface area contributed by atoms with Gasteiger partial charge in [0.1, 0.15) is 11.6 Å². The van der Waals surface area contributed by atoms with Crippen LogP contribution in [-0.2, 0) is 11.3 Å². The molecule has 0 aliphatic heterocycles. The van der Waals surface area contributed by atoms with Crippen LogP contribution in [0.3, 0.4) is 0 Å². The average molecular weight is 290 g/mol. The normalized spacial score (nSPS) is 11.8. The summed E-state index contributed by atoms with van der Waals surface area (Å²) in [5, 5.41) is 12.4. The molecule has 1 aromatic carbocycles. The van der Waals surface area contributed by atoms with Crippen molar-refractivity contribution in [2.75, 3.05) is 7.11 Å². The van der Waals surface area contributed by atoms with Gasteiger partial charge >= 0.3 is 0 Å². The molecule has 0 saturated heterocycles. The lowest BCUT2D eigenvalue weighted by Crippen LogP contribution is -2.29. The number of carbonyl (C=O) groups excluding carboxylic acids is 1. The number of aliphatic hydroxyl groups is 1. The van der Waals surface area contributed by atoms with Crippen LogP contribution in [0.25, 0.3) is 0 Å². The van der Waals surface area contributed by atoms with Gasteiger partial charge < -0.3 is 15.2 Å². The van der Waals surface area contributed by atoms with E-state index in [1.54, 1.807) is 24.3 Å². The fraction of sp³-hybridized carbons (Fsp3) is 0.200. The molecule has 2 rings (SSSR count). The lowest BCUT2D eigenvalue weighted by molar-refractivity contribution is -0.129. The quantitative estimate of drug-likeness (QED) is 0.877. The molecule has 2 aromatic rings. The Balaban J connectivity index is 2.01. The number of carbonyl (C=O) groups is 1. The molecule has 2 N–H and O–H groups in total. The Morgan fingerprint density at radius 3 is 2.95 bits per heavy atom. The van der Waals surface area contributed by atoms with Gasteiger partial charge in [0.2, 0.25) is 0 Å². The largest absolute Gasteiger partial charge is 0.497 e. The maximum absolute atomic E-state index is 13.4. The van der Waals surface area contributed by atoms with Crippen molar-refractivity contribution in [2.45, 2.75) is 12.6 Å². The van der Waals surface area contributed by atoms with Gasteiger partial charge in [-0.25, -0.2) is 4.39 Å². The number of aromatic nitrogens is 1. The van der Waals surface area contributed by atoms with Gasteiger partial charge in [0.25, 0.3) is 5.91 Å². The highest BCUT2D eigenvalue weighted by atomic mass is 19.1. The van der Waals surface area contributed by atoms with Gasteiger partial charge in [-0.1, -0.05) is 12.1 Å². The summed E-state index contributed by atoms with van der Waals surface area (Å²) in [6.45, 7) is -0.0907. The predicted molar refractivity (Wildman–Crippen MR) is 74.0 cm³/mol. The van der Waals surface area contributed by atoms with E-state index in [0.29, 0.717) is 11.3 Å². The SMILES string of the molecule is COc1cccc(C(O)C(=O)NCc2ncccc2F)c1. The van der Waals surface area contributed by atoms with Gasteiger partial charge in [0.05, 0.1) is 19.3 Å². The Hall–Kier alpha value is -2.47. The Morgan fingerprint density at radius 2 is 2.24 bits per heavy atom. The predicted octanol–water partition coefficient (Wildman–Crippen LogP) is 1.58. The first-order valence-electron chi connectivity index (χ1n) is 6.31. The van der Waals surface area contributed by atoms with Crippen LogP contribution in [0.5, 0.6) is 5.75 Å². The van der Waals surface area contributed by atoms with Crippen molar-refractivity contribution in [2.24, 2.45) is 0 Å². The molecule has 0 saturated carbocycles. The minimum atomic E-state index is -1.35. The Labute approximate surface area is 121 Å². The first kappa shape index (κ1) is 14.9. The zero-order valence-corrected chi connectivity index (χ0v) is 11.4. The fourth-order valence-electron chi connectivity index (χ4n) is 1.78. The minimum Gasteiger partial charge on any atom is -0.497 e. The van der Waals surface area contributed by atoms with E-state index in [9.17, 15) is 14.3 Å². The van der Waals surface area contributed by atoms with Gasteiger partial charge in [-0.05, 0) is 29.8 Å². The number of halogens is 1. The zero-order chi connectivity index (χ0) is 15.2. The van der Waals surface area contributed by atoms with Crippen LogP contribution in [0.2, 0.25) is 0 Å². The zero-order valence-electron chi connectivity index (χ0n) is 11.4. The van der Waals surface area contributed by atoms with Gasteiger partial charge in [-0.15, -0.1) is 0 Å². The van der Waals surface area contributed by atoms with Crippen LogP contribution < -0.4 is 10.1 Å². The van der Waals surface area contributed by atoms with E-state index < -0.39 is 17.8 Å². The van der Waals surface area contributed by atoms with Crippen molar-refractivity contribution in [3.8, 4) is 5.75 Å². The van der Waals surface area contributed by atoms with Crippen LogP contribution in [-0.4, -0.2) is 23.1 Å². The second-order valence-electron chi connectivity index (χ2n) is 4.33. The minimum absolute atomic E-state index is 0.0907. The molecule has 0 aliphatic rings. The van der Waals surface area contributed by atoms with Gasteiger partial charge in [0, 0.05) is 6.20 Å². The molecule has 0 bridgehead atoms. The summed E-state index contributed by atoms with van der Waals surface area (Å²) in [4.78, 5) is 15.7. The third-order valence-electron chi connectivity index (χ3n) is 2.92. The maximum Gasteiger partial charge on any atom is 0.253 e. The highest BCUT2D eigenvalue weighted by Gasteiger charge is 2.18. The maximum atomic E-state index is 13.4. The van der Waals surface area contributed by atoms with E-state index in [1.165, 1.54) is 25.4 Å². The number of nitrogens with one attached hydrogen (secondary N) is 1. The molecule has 0 aliphatic carbocycles. The number of rotatable bonds is 5. The molecule has 1 unspecified atom stereocenters. The van der Waals surface area contributed by atoms with Crippen LogP contribution in [0, 0.1) is 5.82 Å². The number of hydrogen-bond donors (Lipinski definition) is 2. The fourth-order valence-corrected chi connectivity index (χ4v) is 1.78. The van der Waals surface area contributed by atoms with Crippen molar-refractivity contribution >= 4 is 5.91 Å². The smallest absolute Gasteiger partial charge is 0.253 e. The molecule has 0 spiro atoms. The van der Waals surface area contributed by atoms with Gasteiger partial charge in [-0.2, -0.15) is 0 Å². The summed E-state index contributed by atoms with van der Waals surface area (Å²) in [5.74, 6) is -0.600. The number of aliphatic hydroxyl groups excluding tert-OH is 1. The summed E-state index contributed by atoms with van der Waals surface area (Å²) in [5.41, 5.74) is 0.511. The number of nitrogens with zero attached hydrogens (tertiary/aromatic N) is 1. The van der Waals surface area contributed by atoms with Crippen LogP contribution in [0.15, 0.2) is 42.6 Å². The molecule has 1 heterocycles. The molecule has 1 atom stereocenters. The summed E-state index contributed by atoms with van der Waals surface area (Å²) >= 11 is 0. The molecule has 1 amide bonds. The van der Waals surface area contributed by atoms with Crippen LogP contribution >= 0.6 is 0 Å². The second kappa shape index (κ2) is 6.81. The van der Waals surface area contributed by atoms with Crippen LogP contribution in [0.4, 0.5) is 4.39 Å². The molecular formula is C15H15FN2O3. The molecule has 110 valence electrons. The molecule has 5 nitrogen and oxygen atoms in total. The van der Waals surface area contributed by atoms with E-state index in [4.69, 9.17) is 4.74 Å². The van der Waals surface area contributed by atoms with Crippen molar-refractivity contribution in [1.29, 1.82) is 0 Å². The number of ether oxygens (including phenoxy) is 1. The second-order valence-corrected chi connectivity index (χ2v) is 4.33. The van der Waals surface area contributed by atoms with Crippen molar-refractivity contribution in [3.63, 3.8) is 0 Å². The topological polar surface area (TPSA) is 71.5 Å². The molecule has 0 radical (unpaired) electrons. The lowest BCUT2D eigenvalue weighted by atomic mass is 10.1. The average Bonchev–Trinajstić information content (AvgIpc) is 2.53. The highest BCUT2D eigenvalue weighted by Crippen LogP contribution is 2.19. The van der Waals surface area contributed by atoms with Crippen molar-refractivity contribution in [3.05, 3.63) is 59.7 Å². The standard InChI is InChI=1S/C15H15FN2O3/c1-21-11-5-2-4-10(8-11)14(19)15(20)18-9-13-12(16)6-3-7-17-13/h2-8,14,19H,9H2,1H3,(H,18,20).